The minimum Gasteiger partial charge on any atom is -0.472 e. The minimum atomic E-state index is -4.89. The van der Waals surface area contributed by atoms with Gasteiger partial charge in [0.15, 0.2) is 5.69 Å². The van der Waals surface area contributed by atoms with Crippen molar-refractivity contribution in [3.63, 3.8) is 0 Å². The number of aromatic nitrogens is 3. The van der Waals surface area contributed by atoms with Gasteiger partial charge >= 0.3 is 6.36 Å². The van der Waals surface area contributed by atoms with Crippen LogP contribution in [0.3, 0.4) is 0 Å². The Morgan fingerprint density at radius 3 is 2.42 bits per heavy atom. The quantitative estimate of drug-likeness (QED) is 0.481. The second-order valence-electron chi connectivity index (χ2n) is 6.07. The Labute approximate surface area is 172 Å². The number of hydrogen-bond donors (Lipinski definition) is 1. The molecule has 0 unspecified atom stereocenters. The van der Waals surface area contributed by atoms with E-state index in [0.717, 1.165) is 36.5 Å². The first kappa shape index (κ1) is 20.4. The molecular formula is C18H11F3N4O5S. The third-order valence-electron chi connectivity index (χ3n) is 3.98. The van der Waals surface area contributed by atoms with Gasteiger partial charge in [0.1, 0.15) is 12.0 Å². The van der Waals surface area contributed by atoms with E-state index in [4.69, 9.17) is 14.7 Å². The number of sulfone groups is 1. The maximum absolute atomic E-state index is 12.8. The summed E-state index contributed by atoms with van der Waals surface area (Å²) in [4.78, 5) is 7.60. The number of rotatable bonds is 5. The van der Waals surface area contributed by atoms with Gasteiger partial charge in [-0.2, -0.15) is 4.98 Å². The zero-order valence-electron chi connectivity index (χ0n) is 15.2. The van der Waals surface area contributed by atoms with Crippen LogP contribution in [0.5, 0.6) is 5.75 Å². The van der Waals surface area contributed by atoms with Gasteiger partial charge in [0.25, 0.3) is 5.89 Å². The lowest BCUT2D eigenvalue weighted by molar-refractivity contribution is -0.274. The molecule has 3 aromatic heterocycles. The van der Waals surface area contributed by atoms with Gasteiger partial charge in [-0.15, -0.1) is 13.2 Å². The van der Waals surface area contributed by atoms with Crippen LogP contribution in [0.4, 0.5) is 18.9 Å². The lowest BCUT2D eigenvalue weighted by Gasteiger charge is -2.10. The molecule has 0 aliphatic rings. The number of alkyl halides is 3. The summed E-state index contributed by atoms with van der Waals surface area (Å²) in [7, 11) is -4.11. The fourth-order valence-electron chi connectivity index (χ4n) is 2.57. The zero-order valence-corrected chi connectivity index (χ0v) is 16.0. The molecule has 4 aromatic rings. The van der Waals surface area contributed by atoms with Gasteiger partial charge in [0, 0.05) is 6.20 Å². The number of pyridine rings is 1. The van der Waals surface area contributed by atoms with Crippen LogP contribution in [0.25, 0.3) is 23.0 Å². The van der Waals surface area contributed by atoms with Crippen LogP contribution in [0.2, 0.25) is 0 Å². The lowest BCUT2D eigenvalue weighted by atomic mass is 10.3. The number of hydrogen-bond acceptors (Lipinski definition) is 9. The molecule has 0 radical (unpaired) electrons. The Morgan fingerprint density at radius 1 is 1.06 bits per heavy atom. The smallest absolute Gasteiger partial charge is 0.472 e. The average molecular weight is 452 g/mol. The molecule has 0 fully saturated rings. The largest absolute Gasteiger partial charge is 0.573 e. The second-order valence-corrected chi connectivity index (χ2v) is 8.02. The standard InChI is InChI=1S/C18H11F3N4O5S/c19-18(20,21)29-11-1-3-12(4-2-11)31(26,27)13-7-14(22)15(23-8-13)17-24-16(25-30-17)10-5-6-28-9-10/h1-9H,22H2. The van der Waals surface area contributed by atoms with Crippen molar-refractivity contribution >= 4 is 15.5 Å². The number of furan rings is 1. The topological polar surface area (TPSA) is 134 Å². The third kappa shape index (κ3) is 4.21. The summed E-state index contributed by atoms with van der Waals surface area (Å²) < 4.78 is 76.1. The number of nitrogen functional groups attached to an aromatic ring is 1. The van der Waals surface area contributed by atoms with Crippen LogP contribution in [-0.4, -0.2) is 29.9 Å². The van der Waals surface area contributed by atoms with Gasteiger partial charge in [0.05, 0.1) is 27.3 Å². The van der Waals surface area contributed by atoms with Gasteiger partial charge in [-0.05, 0) is 36.4 Å². The van der Waals surface area contributed by atoms with Crippen molar-refractivity contribution < 1.29 is 35.3 Å². The first-order valence-corrected chi connectivity index (χ1v) is 9.85. The van der Waals surface area contributed by atoms with Gasteiger partial charge in [-0.25, -0.2) is 13.4 Å². The van der Waals surface area contributed by atoms with E-state index < -0.39 is 21.9 Å². The Morgan fingerprint density at radius 2 is 1.81 bits per heavy atom. The highest BCUT2D eigenvalue weighted by atomic mass is 32.2. The van der Waals surface area contributed by atoms with Crippen LogP contribution in [0, 0.1) is 0 Å². The van der Waals surface area contributed by atoms with Crippen molar-refractivity contribution in [3.05, 3.63) is 55.1 Å². The van der Waals surface area contributed by atoms with Crippen LogP contribution in [0.1, 0.15) is 0 Å². The van der Waals surface area contributed by atoms with E-state index in [0.29, 0.717) is 5.56 Å². The summed E-state index contributed by atoms with van der Waals surface area (Å²) in [5, 5.41) is 3.78. The monoisotopic (exact) mass is 452 g/mol. The van der Waals surface area contributed by atoms with Crippen LogP contribution in [-0.2, 0) is 9.84 Å². The van der Waals surface area contributed by atoms with Gasteiger partial charge in [-0.3, -0.25) is 0 Å². The Hall–Kier alpha value is -3.87. The van der Waals surface area contributed by atoms with E-state index in [1.54, 1.807) is 6.07 Å². The first-order chi connectivity index (χ1) is 14.6. The number of ether oxygens (including phenoxy) is 1. The summed E-state index contributed by atoms with van der Waals surface area (Å²) in [6, 6.07) is 6.50. The average Bonchev–Trinajstić information content (AvgIpc) is 3.39. The van der Waals surface area contributed by atoms with E-state index in [9.17, 15) is 21.6 Å². The van der Waals surface area contributed by atoms with E-state index in [2.05, 4.69) is 19.9 Å². The molecule has 0 aliphatic carbocycles. The third-order valence-corrected chi connectivity index (χ3v) is 5.71. The Balaban J connectivity index is 1.61. The molecule has 160 valence electrons. The van der Waals surface area contributed by atoms with Crippen molar-refractivity contribution in [1.82, 2.24) is 15.1 Å². The minimum absolute atomic E-state index is 0.0358. The molecule has 9 nitrogen and oxygen atoms in total. The first-order valence-electron chi connectivity index (χ1n) is 8.36. The number of nitrogens with two attached hydrogens (primary N) is 1. The second kappa shape index (κ2) is 7.43. The zero-order chi connectivity index (χ0) is 22.2. The predicted molar refractivity (Wildman–Crippen MR) is 98.2 cm³/mol. The molecular weight excluding hydrogens is 441 g/mol. The molecule has 31 heavy (non-hydrogen) atoms. The van der Waals surface area contributed by atoms with Crippen LogP contribution in [0.15, 0.2) is 73.9 Å². The lowest BCUT2D eigenvalue weighted by Crippen LogP contribution is -2.17. The van der Waals surface area contributed by atoms with E-state index >= 15 is 0 Å². The predicted octanol–water partition coefficient (Wildman–Crippen LogP) is 3.71. The maximum Gasteiger partial charge on any atom is 0.573 e. The summed E-state index contributed by atoms with van der Waals surface area (Å²) in [5.74, 6) is -0.363. The van der Waals surface area contributed by atoms with Crippen molar-refractivity contribution in [2.45, 2.75) is 16.2 Å². The number of benzene rings is 1. The summed E-state index contributed by atoms with van der Waals surface area (Å²) in [6.45, 7) is 0. The normalized spacial score (nSPS) is 12.1. The molecule has 0 bridgehead atoms. The van der Waals surface area contributed by atoms with Gasteiger partial charge in [0.2, 0.25) is 15.7 Å². The summed E-state index contributed by atoms with van der Waals surface area (Å²) in [5.41, 5.74) is 6.50. The van der Waals surface area contributed by atoms with Crippen LogP contribution < -0.4 is 10.5 Å². The highest BCUT2D eigenvalue weighted by Gasteiger charge is 2.31. The Bertz CT molecular complexity index is 1320. The van der Waals surface area contributed by atoms with E-state index in [1.807, 2.05) is 0 Å². The van der Waals surface area contributed by atoms with E-state index in [1.165, 1.54) is 12.5 Å². The van der Waals surface area contributed by atoms with Crippen molar-refractivity contribution in [2.24, 2.45) is 0 Å². The fourth-order valence-corrected chi connectivity index (χ4v) is 3.81. The van der Waals surface area contributed by atoms with Gasteiger partial charge in [-0.1, -0.05) is 5.16 Å². The van der Waals surface area contributed by atoms with Gasteiger partial charge < -0.3 is 19.4 Å². The summed E-state index contributed by atoms with van der Waals surface area (Å²) >= 11 is 0. The highest BCUT2D eigenvalue weighted by Crippen LogP contribution is 2.30. The molecule has 0 atom stereocenters. The highest BCUT2D eigenvalue weighted by molar-refractivity contribution is 7.91. The van der Waals surface area contributed by atoms with Crippen molar-refractivity contribution in [3.8, 4) is 28.7 Å². The molecule has 2 N–H and O–H groups in total. The molecule has 4 rings (SSSR count). The molecule has 1 aromatic carbocycles. The molecule has 0 amide bonds. The van der Waals surface area contributed by atoms with Crippen molar-refractivity contribution in [2.75, 3.05) is 5.73 Å². The molecule has 0 saturated carbocycles. The molecule has 0 aliphatic heterocycles. The summed E-state index contributed by atoms with van der Waals surface area (Å²) in [6.07, 6.45) is -1.02. The molecule has 3 heterocycles. The van der Waals surface area contributed by atoms with E-state index in [-0.39, 0.29) is 32.9 Å². The van der Waals surface area contributed by atoms with Crippen LogP contribution >= 0.6 is 0 Å². The molecule has 0 saturated heterocycles. The number of anilines is 1. The van der Waals surface area contributed by atoms with Crippen molar-refractivity contribution in [1.29, 1.82) is 0 Å². The molecule has 0 spiro atoms. The fraction of sp³-hybridized carbons (Fsp3) is 0.0556. The Kier molecular flexibility index (Phi) is 4.89. The molecule has 13 heteroatoms. The number of halogens is 3. The maximum atomic E-state index is 12.8. The number of nitrogens with zero attached hydrogens (tertiary/aromatic N) is 3. The SMILES string of the molecule is Nc1cc(S(=O)(=O)c2ccc(OC(F)(F)F)cc2)cnc1-c1nc(-c2ccoc2)no1.